The summed E-state index contributed by atoms with van der Waals surface area (Å²) in [6, 6.07) is 8.17. The third kappa shape index (κ3) is 3.58. The highest BCUT2D eigenvalue weighted by Crippen LogP contribution is 2.30. The standard InChI is InChI=1S/C15H16Cl2N2OS/c1-9(11-6-5-10(16)8-12(11)17)19(2)15(20)14(18)13-4-3-7-21-13/h3-9,14H,18H2,1-2H3. The fourth-order valence-electron chi connectivity index (χ4n) is 2.05. The monoisotopic (exact) mass is 342 g/mol. The second-order valence-corrected chi connectivity index (χ2v) is 6.61. The van der Waals surface area contributed by atoms with Gasteiger partial charge in [0.1, 0.15) is 6.04 Å². The molecule has 0 fully saturated rings. The quantitative estimate of drug-likeness (QED) is 0.901. The van der Waals surface area contributed by atoms with Crippen molar-refractivity contribution < 1.29 is 4.79 Å². The molecule has 0 aliphatic rings. The first-order valence-corrected chi connectivity index (χ1v) is 8.06. The van der Waals surface area contributed by atoms with Crippen molar-refractivity contribution in [2.45, 2.75) is 19.0 Å². The maximum atomic E-state index is 12.5. The van der Waals surface area contributed by atoms with E-state index in [-0.39, 0.29) is 11.9 Å². The van der Waals surface area contributed by atoms with E-state index in [1.54, 1.807) is 24.1 Å². The number of likely N-dealkylation sites (N-methyl/N-ethyl adjacent to an activating group) is 1. The first kappa shape index (κ1) is 16.3. The van der Waals surface area contributed by atoms with E-state index in [0.717, 1.165) is 10.4 Å². The normalized spacial score (nSPS) is 13.8. The topological polar surface area (TPSA) is 46.3 Å². The summed E-state index contributed by atoms with van der Waals surface area (Å²) in [5.74, 6) is -0.143. The highest BCUT2D eigenvalue weighted by Gasteiger charge is 2.25. The molecule has 112 valence electrons. The molecule has 0 aliphatic carbocycles. The second kappa shape index (κ2) is 6.79. The minimum absolute atomic E-state index is 0.143. The maximum Gasteiger partial charge on any atom is 0.245 e. The van der Waals surface area contributed by atoms with Gasteiger partial charge < -0.3 is 10.6 Å². The lowest BCUT2D eigenvalue weighted by Crippen LogP contribution is -2.37. The second-order valence-electron chi connectivity index (χ2n) is 4.78. The molecule has 21 heavy (non-hydrogen) atoms. The number of benzene rings is 1. The van der Waals surface area contributed by atoms with Crippen molar-refractivity contribution in [3.05, 3.63) is 56.2 Å². The molecule has 1 aromatic carbocycles. The van der Waals surface area contributed by atoms with Crippen LogP contribution in [0.2, 0.25) is 10.0 Å². The summed E-state index contributed by atoms with van der Waals surface area (Å²) < 4.78 is 0. The summed E-state index contributed by atoms with van der Waals surface area (Å²) in [6.07, 6.45) is 0. The minimum atomic E-state index is -0.650. The maximum absolute atomic E-state index is 12.5. The van der Waals surface area contributed by atoms with Crippen molar-refractivity contribution >= 4 is 40.4 Å². The van der Waals surface area contributed by atoms with Crippen molar-refractivity contribution in [3.63, 3.8) is 0 Å². The summed E-state index contributed by atoms with van der Waals surface area (Å²) in [5, 5.41) is 3.02. The van der Waals surface area contributed by atoms with Crippen molar-refractivity contribution in [2.24, 2.45) is 5.73 Å². The van der Waals surface area contributed by atoms with E-state index in [1.165, 1.54) is 11.3 Å². The van der Waals surface area contributed by atoms with Crippen LogP contribution in [0.5, 0.6) is 0 Å². The van der Waals surface area contributed by atoms with Crippen molar-refractivity contribution in [1.82, 2.24) is 4.90 Å². The molecule has 6 heteroatoms. The molecule has 0 spiro atoms. The van der Waals surface area contributed by atoms with Gasteiger partial charge in [-0.15, -0.1) is 11.3 Å². The van der Waals surface area contributed by atoms with Gasteiger partial charge in [0.15, 0.2) is 0 Å². The Balaban J connectivity index is 2.18. The van der Waals surface area contributed by atoms with Gasteiger partial charge in [-0.25, -0.2) is 0 Å². The van der Waals surface area contributed by atoms with E-state index in [4.69, 9.17) is 28.9 Å². The van der Waals surface area contributed by atoms with Crippen LogP contribution in [0.15, 0.2) is 35.7 Å². The highest BCUT2D eigenvalue weighted by molar-refractivity contribution is 7.10. The molecule has 1 amide bonds. The first-order chi connectivity index (χ1) is 9.91. The molecule has 0 bridgehead atoms. The average Bonchev–Trinajstić information content (AvgIpc) is 2.98. The molecule has 2 rings (SSSR count). The van der Waals surface area contributed by atoms with Gasteiger partial charge >= 0.3 is 0 Å². The molecule has 0 radical (unpaired) electrons. The minimum Gasteiger partial charge on any atom is -0.337 e. The molecule has 2 atom stereocenters. The third-order valence-electron chi connectivity index (χ3n) is 3.46. The Bertz CT molecular complexity index is 631. The van der Waals surface area contributed by atoms with E-state index in [9.17, 15) is 4.79 Å². The van der Waals surface area contributed by atoms with Crippen LogP contribution in [0.1, 0.15) is 29.4 Å². The lowest BCUT2D eigenvalue weighted by Gasteiger charge is -2.28. The number of thiophene rings is 1. The fraction of sp³-hybridized carbons (Fsp3) is 0.267. The van der Waals surface area contributed by atoms with Gasteiger partial charge in [0.25, 0.3) is 0 Å². The Labute approximate surface area is 138 Å². The van der Waals surface area contributed by atoms with Crippen LogP contribution in [0.4, 0.5) is 0 Å². The predicted octanol–water partition coefficient (Wildman–Crippen LogP) is 4.27. The molecule has 2 unspecified atom stereocenters. The summed E-state index contributed by atoms with van der Waals surface area (Å²) in [4.78, 5) is 14.9. The summed E-state index contributed by atoms with van der Waals surface area (Å²) in [5.41, 5.74) is 6.87. The van der Waals surface area contributed by atoms with Gasteiger partial charge in [0.05, 0.1) is 6.04 Å². The first-order valence-electron chi connectivity index (χ1n) is 6.42. The van der Waals surface area contributed by atoms with Crippen LogP contribution in [-0.2, 0) is 4.79 Å². The number of halogens is 2. The molecule has 0 aliphatic heterocycles. The third-order valence-corrected chi connectivity index (χ3v) is 4.97. The summed E-state index contributed by atoms with van der Waals surface area (Å²) in [6.45, 7) is 1.91. The van der Waals surface area contributed by atoms with Gasteiger partial charge in [0.2, 0.25) is 5.91 Å². The number of carbonyl (C=O) groups excluding carboxylic acids is 1. The number of hydrogen-bond donors (Lipinski definition) is 1. The lowest BCUT2D eigenvalue weighted by atomic mass is 10.1. The lowest BCUT2D eigenvalue weighted by molar-refractivity contribution is -0.133. The molecule has 1 aromatic heterocycles. The van der Waals surface area contributed by atoms with E-state index in [1.807, 2.05) is 30.5 Å². The Kier molecular flexibility index (Phi) is 5.27. The van der Waals surface area contributed by atoms with E-state index in [0.29, 0.717) is 10.0 Å². The fourth-order valence-corrected chi connectivity index (χ4v) is 3.33. The number of nitrogens with zero attached hydrogens (tertiary/aromatic N) is 1. The number of amides is 1. The Morgan fingerprint density at radius 3 is 2.62 bits per heavy atom. The number of rotatable bonds is 4. The highest BCUT2D eigenvalue weighted by atomic mass is 35.5. The molecular formula is C15H16Cl2N2OS. The van der Waals surface area contributed by atoms with E-state index in [2.05, 4.69) is 0 Å². The summed E-state index contributed by atoms with van der Waals surface area (Å²) in [7, 11) is 1.73. The molecule has 2 aromatic rings. The van der Waals surface area contributed by atoms with Gasteiger partial charge in [-0.1, -0.05) is 35.3 Å². The molecule has 1 heterocycles. The molecule has 0 saturated carbocycles. The Hall–Kier alpha value is -1.07. The van der Waals surface area contributed by atoms with Gasteiger partial charge in [-0.05, 0) is 36.1 Å². The molecule has 2 N–H and O–H groups in total. The largest absolute Gasteiger partial charge is 0.337 e. The molecular weight excluding hydrogens is 327 g/mol. The number of hydrogen-bond acceptors (Lipinski definition) is 3. The molecule has 0 saturated heterocycles. The zero-order chi connectivity index (χ0) is 15.6. The van der Waals surface area contributed by atoms with Gasteiger partial charge in [-0.2, -0.15) is 0 Å². The molecule has 3 nitrogen and oxygen atoms in total. The van der Waals surface area contributed by atoms with Crippen LogP contribution < -0.4 is 5.73 Å². The smallest absolute Gasteiger partial charge is 0.245 e. The van der Waals surface area contributed by atoms with E-state index >= 15 is 0 Å². The van der Waals surface area contributed by atoms with Crippen molar-refractivity contribution in [3.8, 4) is 0 Å². The van der Waals surface area contributed by atoms with Crippen LogP contribution in [0.3, 0.4) is 0 Å². The van der Waals surface area contributed by atoms with Crippen molar-refractivity contribution in [2.75, 3.05) is 7.05 Å². The number of carbonyl (C=O) groups is 1. The van der Waals surface area contributed by atoms with E-state index < -0.39 is 6.04 Å². The van der Waals surface area contributed by atoms with Crippen LogP contribution in [-0.4, -0.2) is 17.9 Å². The van der Waals surface area contributed by atoms with Crippen molar-refractivity contribution in [1.29, 1.82) is 0 Å². The summed E-state index contributed by atoms with van der Waals surface area (Å²) >= 11 is 13.6. The van der Waals surface area contributed by atoms with Gasteiger partial charge in [-0.3, -0.25) is 4.79 Å². The van der Waals surface area contributed by atoms with Crippen LogP contribution in [0, 0.1) is 0 Å². The predicted molar refractivity (Wildman–Crippen MR) is 88.9 cm³/mol. The zero-order valence-corrected chi connectivity index (χ0v) is 14.0. The zero-order valence-electron chi connectivity index (χ0n) is 11.7. The van der Waals surface area contributed by atoms with Crippen LogP contribution >= 0.6 is 34.5 Å². The average molecular weight is 343 g/mol. The Morgan fingerprint density at radius 2 is 2.05 bits per heavy atom. The van der Waals surface area contributed by atoms with Gasteiger partial charge in [0, 0.05) is 22.0 Å². The van der Waals surface area contributed by atoms with Crippen LogP contribution in [0.25, 0.3) is 0 Å². The number of nitrogens with two attached hydrogens (primary N) is 1. The SMILES string of the molecule is CC(c1ccc(Cl)cc1Cl)N(C)C(=O)C(N)c1cccs1. The Morgan fingerprint density at radius 1 is 1.33 bits per heavy atom.